The zero-order valence-corrected chi connectivity index (χ0v) is 8.90. The van der Waals surface area contributed by atoms with E-state index in [1.165, 1.54) is 16.7 Å². The highest BCUT2D eigenvalue weighted by molar-refractivity contribution is 5.54. The summed E-state index contributed by atoms with van der Waals surface area (Å²) in [5.41, 5.74) is 4.77. The van der Waals surface area contributed by atoms with Crippen molar-refractivity contribution in [2.24, 2.45) is 0 Å². The van der Waals surface area contributed by atoms with Gasteiger partial charge in [-0.2, -0.15) is 5.10 Å². The predicted molar refractivity (Wildman–Crippen MR) is 55.6 cm³/mol. The number of aromatic nitrogens is 3. The molecule has 0 saturated carbocycles. The second-order valence-corrected chi connectivity index (χ2v) is 4.22. The third-order valence-corrected chi connectivity index (χ3v) is 2.93. The Bertz CT molecular complexity index is 516. The number of ether oxygens (including phenoxy) is 1. The Balaban J connectivity index is 2.37. The number of fused-ring (bicyclic) bond motifs is 3. The second-order valence-electron chi connectivity index (χ2n) is 4.22. The van der Waals surface area contributed by atoms with E-state index < -0.39 is 0 Å². The first-order valence-electron chi connectivity index (χ1n) is 5.19. The van der Waals surface area contributed by atoms with Crippen LogP contribution in [0.15, 0.2) is 12.5 Å². The minimum atomic E-state index is 0.494. The van der Waals surface area contributed by atoms with Gasteiger partial charge in [0.15, 0.2) is 5.65 Å². The van der Waals surface area contributed by atoms with Gasteiger partial charge in [0.1, 0.15) is 6.33 Å². The van der Waals surface area contributed by atoms with E-state index in [9.17, 15) is 0 Å². The average molecular weight is 203 g/mol. The van der Waals surface area contributed by atoms with Gasteiger partial charge in [-0.3, -0.25) is 0 Å². The fraction of sp³-hybridized carbons (Fsp3) is 0.455. The number of pyridine rings is 1. The van der Waals surface area contributed by atoms with E-state index >= 15 is 0 Å². The van der Waals surface area contributed by atoms with E-state index in [1.807, 2.05) is 4.52 Å². The van der Waals surface area contributed by atoms with Crippen molar-refractivity contribution in [3.05, 3.63) is 29.2 Å². The van der Waals surface area contributed by atoms with E-state index in [-0.39, 0.29) is 0 Å². The van der Waals surface area contributed by atoms with Crippen LogP contribution in [0.3, 0.4) is 0 Å². The number of hydrogen-bond acceptors (Lipinski definition) is 3. The molecule has 0 bridgehead atoms. The summed E-state index contributed by atoms with van der Waals surface area (Å²) in [6, 6.07) is 0. The molecule has 0 unspecified atom stereocenters. The molecule has 0 amide bonds. The summed E-state index contributed by atoms with van der Waals surface area (Å²) in [4.78, 5) is 4.26. The SMILES string of the molecule is CC(C)c1cn2ncnc2c2c1COC2. The molecule has 2 aromatic heterocycles. The van der Waals surface area contributed by atoms with Crippen LogP contribution in [0.5, 0.6) is 0 Å². The van der Waals surface area contributed by atoms with Crippen molar-refractivity contribution >= 4 is 5.65 Å². The minimum absolute atomic E-state index is 0.494. The van der Waals surface area contributed by atoms with Crippen molar-refractivity contribution in [1.29, 1.82) is 0 Å². The Labute approximate surface area is 87.9 Å². The van der Waals surface area contributed by atoms with Crippen LogP contribution in [-0.4, -0.2) is 14.6 Å². The first-order chi connectivity index (χ1) is 7.27. The molecular weight excluding hydrogens is 190 g/mol. The molecule has 4 heteroatoms. The van der Waals surface area contributed by atoms with Crippen molar-refractivity contribution in [3.8, 4) is 0 Å². The predicted octanol–water partition coefficient (Wildman–Crippen LogP) is 1.88. The minimum Gasteiger partial charge on any atom is -0.372 e. The van der Waals surface area contributed by atoms with Gasteiger partial charge in [0, 0.05) is 11.8 Å². The zero-order chi connectivity index (χ0) is 10.4. The lowest BCUT2D eigenvalue weighted by Gasteiger charge is -2.11. The van der Waals surface area contributed by atoms with Crippen molar-refractivity contribution in [3.63, 3.8) is 0 Å². The highest BCUT2D eigenvalue weighted by atomic mass is 16.5. The van der Waals surface area contributed by atoms with Gasteiger partial charge in [0.25, 0.3) is 0 Å². The molecule has 0 aromatic carbocycles. The van der Waals surface area contributed by atoms with Crippen LogP contribution < -0.4 is 0 Å². The molecule has 0 atom stereocenters. The van der Waals surface area contributed by atoms with Crippen LogP contribution in [0.1, 0.15) is 36.5 Å². The first-order valence-corrected chi connectivity index (χ1v) is 5.19. The van der Waals surface area contributed by atoms with Gasteiger partial charge in [-0.05, 0) is 17.0 Å². The second kappa shape index (κ2) is 3.03. The van der Waals surface area contributed by atoms with Gasteiger partial charge in [0.2, 0.25) is 0 Å². The standard InChI is InChI=1S/C11H13N3O/c1-7(2)8-3-14-11(12-6-13-14)10-5-15-4-9(8)10/h3,6-7H,4-5H2,1-2H3. The molecule has 3 heterocycles. The third kappa shape index (κ3) is 1.18. The molecule has 78 valence electrons. The molecular formula is C11H13N3O. The molecule has 3 rings (SSSR count). The Kier molecular flexibility index (Phi) is 1.79. The average Bonchev–Trinajstić information content (AvgIpc) is 2.83. The monoisotopic (exact) mass is 203 g/mol. The molecule has 4 nitrogen and oxygen atoms in total. The normalized spacial score (nSPS) is 15.1. The lowest BCUT2D eigenvalue weighted by molar-refractivity contribution is 0.134. The molecule has 1 aliphatic heterocycles. The fourth-order valence-corrected chi connectivity index (χ4v) is 2.15. The highest BCUT2D eigenvalue weighted by Crippen LogP contribution is 2.30. The maximum atomic E-state index is 5.50. The summed E-state index contributed by atoms with van der Waals surface area (Å²) in [6.07, 6.45) is 3.67. The van der Waals surface area contributed by atoms with Crippen LogP contribution in [-0.2, 0) is 18.0 Å². The summed E-state index contributed by atoms with van der Waals surface area (Å²) in [5.74, 6) is 0.494. The molecule has 0 saturated heterocycles. The van der Waals surface area contributed by atoms with Crippen LogP contribution in [0.25, 0.3) is 5.65 Å². The Morgan fingerprint density at radius 1 is 1.33 bits per heavy atom. The summed E-state index contributed by atoms with van der Waals surface area (Å²) in [5, 5.41) is 4.19. The van der Waals surface area contributed by atoms with Crippen LogP contribution >= 0.6 is 0 Å². The number of hydrogen-bond donors (Lipinski definition) is 0. The summed E-state index contributed by atoms with van der Waals surface area (Å²) < 4.78 is 7.35. The van der Waals surface area contributed by atoms with E-state index in [0.29, 0.717) is 19.1 Å². The van der Waals surface area contributed by atoms with Crippen molar-refractivity contribution in [2.45, 2.75) is 33.0 Å². The summed E-state index contributed by atoms with van der Waals surface area (Å²) in [7, 11) is 0. The van der Waals surface area contributed by atoms with Gasteiger partial charge in [-0.15, -0.1) is 0 Å². The van der Waals surface area contributed by atoms with Gasteiger partial charge in [-0.1, -0.05) is 13.8 Å². The van der Waals surface area contributed by atoms with Crippen LogP contribution in [0.2, 0.25) is 0 Å². The van der Waals surface area contributed by atoms with Gasteiger partial charge in [-0.25, -0.2) is 9.50 Å². The topological polar surface area (TPSA) is 39.4 Å². The largest absolute Gasteiger partial charge is 0.372 e. The Morgan fingerprint density at radius 3 is 2.93 bits per heavy atom. The highest BCUT2D eigenvalue weighted by Gasteiger charge is 2.21. The zero-order valence-electron chi connectivity index (χ0n) is 8.90. The molecule has 2 aromatic rings. The van der Waals surface area contributed by atoms with Crippen molar-refractivity contribution in [2.75, 3.05) is 0 Å². The molecule has 0 radical (unpaired) electrons. The number of rotatable bonds is 1. The first kappa shape index (κ1) is 8.85. The molecule has 0 fully saturated rings. The lowest BCUT2D eigenvalue weighted by atomic mass is 9.97. The van der Waals surface area contributed by atoms with Crippen molar-refractivity contribution in [1.82, 2.24) is 14.6 Å². The Morgan fingerprint density at radius 2 is 2.13 bits per heavy atom. The van der Waals surface area contributed by atoms with E-state index in [1.54, 1.807) is 6.33 Å². The van der Waals surface area contributed by atoms with E-state index in [2.05, 4.69) is 30.1 Å². The molecule has 0 spiro atoms. The van der Waals surface area contributed by atoms with Crippen molar-refractivity contribution < 1.29 is 4.74 Å². The molecule has 1 aliphatic rings. The molecule has 0 aliphatic carbocycles. The smallest absolute Gasteiger partial charge is 0.161 e. The Hall–Kier alpha value is -1.42. The summed E-state index contributed by atoms with van der Waals surface area (Å²) in [6.45, 7) is 5.76. The van der Waals surface area contributed by atoms with Gasteiger partial charge >= 0.3 is 0 Å². The van der Waals surface area contributed by atoms with E-state index in [4.69, 9.17) is 4.74 Å². The van der Waals surface area contributed by atoms with Gasteiger partial charge < -0.3 is 4.74 Å². The number of nitrogens with zero attached hydrogens (tertiary/aromatic N) is 3. The summed E-state index contributed by atoms with van der Waals surface area (Å²) >= 11 is 0. The maximum Gasteiger partial charge on any atom is 0.161 e. The lowest BCUT2D eigenvalue weighted by Crippen LogP contribution is -2.02. The fourth-order valence-electron chi connectivity index (χ4n) is 2.15. The van der Waals surface area contributed by atoms with Crippen LogP contribution in [0.4, 0.5) is 0 Å². The quantitative estimate of drug-likeness (QED) is 0.710. The maximum absolute atomic E-state index is 5.50. The third-order valence-electron chi connectivity index (χ3n) is 2.93. The molecule has 0 N–H and O–H groups in total. The van der Waals surface area contributed by atoms with E-state index in [0.717, 1.165) is 5.65 Å². The van der Waals surface area contributed by atoms with Crippen LogP contribution in [0, 0.1) is 0 Å². The van der Waals surface area contributed by atoms with Gasteiger partial charge in [0.05, 0.1) is 13.2 Å². The molecule has 15 heavy (non-hydrogen) atoms.